The van der Waals surface area contributed by atoms with Crippen molar-refractivity contribution in [2.24, 2.45) is 0 Å². The molecule has 0 atom stereocenters. The van der Waals surface area contributed by atoms with Gasteiger partial charge in [0.05, 0.1) is 0 Å². The van der Waals surface area contributed by atoms with Gasteiger partial charge in [-0.05, 0) is 68.2 Å². The molecule has 1 amide bonds. The van der Waals surface area contributed by atoms with E-state index >= 15 is 0 Å². The van der Waals surface area contributed by atoms with E-state index in [2.05, 4.69) is 0 Å². The van der Waals surface area contributed by atoms with Crippen molar-refractivity contribution in [3.05, 3.63) is 83.6 Å². The first-order chi connectivity index (χ1) is 13.4. The number of nitrogens with zero attached hydrogens (tertiary/aromatic N) is 2. The normalized spacial score (nSPS) is 11.0. The first kappa shape index (κ1) is 19.8. The average Bonchev–Trinajstić information content (AvgIpc) is 3.16. The second kappa shape index (κ2) is 8.80. The van der Waals surface area contributed by atoms with Crippen LogP contribution in [0.2, 0.25) is 0 Å². The van der Waals surface area contributed by atoms with Crippen LogP contribution in [0.25, 0.3) is 11.3 Å². The summed E-state index contributed by atoms with van der Waals surface area (Å²) in [6, 6.07) is 15.3. The van der Waals surface area contributed by atoms with Crippen molar-refractivity contribution in [1.82, 2.24) is 9.80 Å². The van der Waals surface area contributed by atoms with Crippen molar-refractivity contribution >= 4 is 5.91 Å². The SMILES string of the molecule is CN(C)CCN(Cc1ccc(F)cc1)C(=O)c1ccc(-c2ccc(F)cc2)o1. The molecule has 0 aliphatic carbocycles. The second-order valence-electron chi connectivity index (χ2n) is 6.83. The molecule has 0 N–H and O–H groups in total. The van der Waals surface area contributed by atoms with Gasteiger partial charge in [0.1, 0.15) is 17.4 Å². The lowest BCUT2D eigenvalue weighted by molar-refractivity contribution is 0.0700. The minimum Gasteiger partial charge on any atom is -0.451 e. The molecule has 4 nitrogen and oxygen atoms in total. The topological polar surface area (TPSA) is 36.7 Å². The van der Waals surface area contributed by atoms with E-state index in [9.17, 15) is 13.6 Å². The number of carbonyl (C=O) groups is 1. The summed E-state index contributed by atoms with van der Waals surface area (Å²) in [7, 11) is 3.86. The molecule has 0 spiro atoms. The number of halogens is 2. The average molecular weight is 384 g/mol. The Bertz CT molecular complexity index is 918. The fourth-order valence-electron chi connectivity index (χ4n) is 2.76. The lowest BCUT2D eigenvalue weighted by Gasteiger charge is -2.23. The van der Waals surface area contributed by atoms with Crippen LogP contribution in [-0.4, -0.2) is 42.9 Å². The molecule has 3 rings (SSSR count). The molecule has 3 aromatic rings. The largest absolute Gasteiger partial charge is 0.451 e. The number of hydrogen-bond acceptors (Lipinski definition) is 3. The zero-order chi connectivity index (χ0) is 20.1. The van der Waals surface area contributed by atoms with Crippen molar-refractivity contribution in [2.75, 3.05) is 27.2 Å². The van der Waals surface area contributed by atoms with Crippen LogP contribution in [0, 0.1) is 11.6 Å². The van der Waals surface area contributed by atoms with E-state index in [0.717, 1.165) is 5.56 Å². The van der Waals surface area contributed by atoms with Crippen LogP contribution in [-0.2, 0) is 6.54 Å². The molecule has 2 aromatic carbocycles. The molecule has 6 heteroatoms. The van der Waals surface area contributed by atoms with E-state index in [4.69, 9.17) is 4.42 Å². The molecule has 0 saturated carbocycles. The molecule has 0 bridgehead atoms. The Morgan fingerprint density at radius 3 is 2.07 bits per heavy atom. The summed E-state index contributed by atoms with van der Waals surface area (Å²) >= 11 is 0. The van der Waals surface area contributed by atoms with E-state index in [1.807, 2.05) is 19.0 Å². The second-order valence-corrected chi connectivity index (χ2v) is 6.83. The molecule has 1 heterocycles. The van der Waals surface area contributed by atoms with Crippen LogP contribution >= 0.6 is 0 Å². The van der Waals surface area contributed by atoms with Gasteiger partial charge in [0, 0.05) is 25.2 Å². The summed E-state index contributed by atoms with van der Waals surface area (Å²) in [5.74, 6) is -0.192. The quantitative estimate of drug-likeness (QED) is 0.605. The van der Waals surface area contributed by atoms with Crippen LogP contribution in [0.5, 0.6) is 0 Å². The van der Waals surface area contributed by atoms with Crippen LogP contribution in [0.1, 0.15) is 16.1 Å². The molecule has 1 aromatic heterocycles. The van der Waals surface area contributed by atoms with Crippen LogP contribution in [0.15, 0.2) is 65.1 Å². The van der Waals surface area contributed by atoms with Crippen molar-refractivity contribution in [3.8, 4) is 11.3 Å². The Kier molecular flexibility index (Phi) is 6.21. The lowest BCUT2D eigenvalue weighted by atomic mass is 10.2. The summed E-state index contributed by atoms with van der Waals surface area (Å²) in [5.41, 5.74) is 1.53. The summed E-state index contributed by atoms with van der Waals surface area (Å²) in [6.07, 6.45) is 0. The minimum atomic E-state index is -0.333. The Balaban J connectivity index is 1.79. The standard InChI is InChI=1S/C22H22F2N2O2/c1-25(2)13-14-26(15-16-3-7-18(23)8-4-16)22(27)21-12-11-20(28-21)17-5-9-19(24)10-6-17/h3-12H,13-15H2,1-2H3. The van der Waals surface area contributed by atoms with Gasteiger partial charge in [0.2, 0.25) is 0 Å². The van der Waals surface area contributed by atoms with E-state index in [1.165, 1.54) is 24.3 Å². The molecular weight excluding hydrogens is 362 g/mol. The first-order valence-corrected chi connectivity index (χ1v) is 8.96. The fraction of sp³-hybridized carbons (Fsp3) is 0.227. The third kappa shape index (κ3) is 5.04. The van der Waals surface area contributed by atoms with Gasteiger partial charge in [-0.1, -0.05) is 12.1 Å². The zero-order valence-corrected chi connectivity index (χ0v) is 15.9. The Hall–Kier alpha value is -2.99. The van der Waals surface area contributed by atoms with Gasteiger partial charge in [0.15, 0.2) is 5.76 Å². The van der Waals surface area contributed by atoms with E-state index < -0.39 is 0 Å². The first-order valence-electron chi connectivity index (χ1n) is 8.96. The molecule has 0 aliphatic rings. The lowest BCUT2D eigenvalue weighted by Crippen LogP contribution is -2.36. The van der Waals surface area contributed by atoms with Crippen molar-refractivity contribution in [1.29, 1.82) is 0 Å². The van der Waals surface area contributed by atoms with Crippen LogP contribution in [0.4, 0.5) is 8.78 Å². The third-order valence-corrected chi connectivity index (χ3v) is 4.34. The molecule has 0 unspecified atom stereocenters. The Labute approximate surface area is 163 Å². The summed E-state index contributed by atoms with van der Waals surface area (Å²) in [5, 5.41) is 0. The molecule has 0 aliphatic heterocycles. The minimum absolute atomic E-state index is 0.209. The van der Waals surface area contributed by atoms with Crippen molar-refractivity contribution in [3.63, 3.8) is 0 Å². The third-order valence-electron chi connectivity index (χ3n) is 4.34. The number of rotatable bonds is 7. The van der Waals surface area contributed by atoms with Crippen molar-refractivity contribution in [2.45, 2.75) is 6.54 Å². The van der Waals surface area contributed by atoms with Gasteiger partial charge >= 0.3 is 0 Å². The maximum absolute atomic E-state index is 13.2. The molecule has 0 saturated heterocycles. The van der Waals surface area contributed by atoms with Gasteiger partial charge < -0.3 is 14.2 Å². The number of amides is 1. The predicted molar refractivity (Wildman–Crippen MR) is 104 cm³/mol. The van der Waals surface area contributed by atoms with Gasteiger partial charge in [-0.15, -0.1) is 0 Å². The van der Waals surface area contributed by atoms with Crippen LogP contribution < -0.4 is 0 Å². The predicted octanol–water partition coefficient (Wildman–Crippen LogP) is 4.43. The maximum atomic E-state index is 13.2. The van der Waals surface area contributed by atoms with Gasteiger partial charge in [-0.3, -0.25) is 4.79 Å². The monoisotopic (exact) mass is 384 g/mol. The Morgan fingerprint density at radius 1 is 0.857 bits per heavy atom. The maximum Gasteiger partial charge on any atom is 0.289 e. The van der Waals surface area contributed by atoms with Crippen molar-refractivity contribution < 1.29 is 18.0 Å². The number of benzene rings is 2. The highest BCUT2D eigenvalue weighted by Gasteiger charge is 2.20. The summed E-state index contributed by atoms with van der Waals surface area (Å²) in [4.78, 5) is 16.7. The molecule has 146 valence electrons. The summed E-state index contributed by atoms with van der Waals surface area (Å²) < 4.78 is 32.0. The highest BCUT2D eigenvalue weighted by molar-refractivity contribution is 5.92. The van der Waals surface area contributed by atoms with E-state index in [0.29, 0.717) is 31.0 Å². The Morgan fingerprint density at radius 2 is 1.46 bits per heavy atom. The summed E-state index contributed by atoms with van der Waals surface area (Å²) in [6.45, 7) is 1.52. The van der Waals surface area contributed by atoms with Gasteiger partial charge in [-0.2, -0.15) is 0 Å². The number of carbonyl (C=O) groups excluding carboxylic acids is 1. The van der Waals surface area contributed by atoms with Crippen LogP contribution in [0.3, 0.4) is 0 Å². The van der Waals surface area contributed by atoms with E-state index in [-0.39, 0.29) is 23.3 Å². The van der Waals surface area contributed by atoms with Gasteiger partial charge in [0.25, 0.3) is 5.91 Å². The molecule has 28 heavy (non-hydrogen) atoms. The number of hydrogen-bond donors (Lipinski definition) is 0. The van der Waals surface area contributed by atoms with E-state index in [1.54, 1.807) is 41.3 Å². The number of likely N-dealkylation sites (N-methyl/N-ethyl adjacent to an activating group) is 1. The molecule has 0 radical (unpaired) electrons. The zero-order valence-electron chi connectivity index (χ0n) is 15.9. The van der Waals surface area contributed by atoms with Gasteiger partial charge in [-0.25, -0.2) is 8.78 Å². The molecular formula is C22H22F2N2O2. The molecule has 0 fully saturated rings. The highest BCUT2D eigenvalue weighted by atomic mass is 19.1. The number of furan rings is 1. The highest BCUT2D eigenvalue weighted by Crippen LogP contribution is 2.23. The smallest absolute Gasteiger partial charge is 0.289 e. The fourth-order valence-corrected chi connectivity index (χ4v) is 2.76.